The number of aliphatic hydroxyl groups excluding tert-OH is 6. The molecule has 266 valence electrons. The molecule has 11 nitrogen and oxygen atoms in total. The number of carboxylic acids is 1. The van der Waals surface area contributed by atoms with E-state index in [9.17, 15) is 45.3 Å². The lowest BCUT2D eigenvalue weighted by Gasteiger charge is -2.71. The standard InChI is InChI=1S/C36H56O11/c1-31(2)11-12-36(30(44)45)19(13-31)18-7-8-23-32(3)14-20(38)28(42)33(4,17-37)22(32)9-10-34(23,5)35(18,6)15-24(36)46-16-21-25(39)26(40)27(41)29(43)47-21/h7,17,19-29,38-43H,8-16H2,1-6H3,(H,44,45)/t19?,20-,21+,22?,23?,24+,25+,26-,27+,28-,29+,32-,33-,34+,35+,36+/m0/s1. The highest BCUT2D eigenvalue weighted by molar-refractivity contribution is 5.78. The molecule has 0 bridgehead atoms. The van der Waals surface area contributed by atoms with Crippen molar-refractivity contribution in [2.24, 2.45) is 50.2 Å². The number of aliphatic carboxylic acids is 1. The fraction of sp³-hybridized carbons (Fsp3) is 0.889. The van der Waals surface area contributed by atoms with Crippen LogP contribution in [0.1, 0.15) is 92.9 Å². The van der Waals surface area contributed by atoms with E-state index in [-0.39, 0.29) is 35.2 Å². The van der Waals surface area contributed by atoms with Crippen molar-refractivity contribution in [2.75, 3.05) is 6.61 Å². The van der Waals surface area contributed by atoms with Crippen molar-refractivity contribution >= 4 is 12.3 Å². The summed E-state index contributed by atoms with van der Waals surface area (Å²) >= 11 is 0. The number of aldehydes is 1. The molecule has 0 aromatic heterocycles. The van der Waals surface area contributed by atoms with Gasteiger partial charge in [-0.2, -0.15) is 0 Å². The molecule has 1 saturated heterocycles. The third kappa shape index (κ3) is 4.74. The van der Waals surface area contributed by atoms with Gasteiger partial charge in [0.25, 0.3) is 0 Å². The third-order valence-corrected chi connectivity index (χ3v) is 15.1. The molecule has 1 aliphatic heterocycles. The molecular formula is C36H56O11. The number of carboxylic acid groups (broad SMARTS) is 1. The van der Waals surface area contributed by atoms with E-state index in [1.54, 1.807) is 6.92 Å². The number of allylic oxidation sites excluding steroid dienone is 2. The van der Waals surface area contributed by atoms with Crippen LogP contribution in [0.15, 0.2) is 11.6 Å². The molecule has 3 unspecified atom stereocenters. The summed E-state index contributed by atoms with van der Waals surface area (Å²) < 4.78 is 12.0. The molecule has 7 N–H and O–H groups in total. The van der Waals surface area contributed by atoms with Crippen molar-refractivity contribution < 1.29 is 54.8 Å². The average Bonchev–Trinajstić information content (AvgIpc) is 2.99. The van der Waals surface area contributed by atoms with Gasteiger partial charge in [0, 0.05) is 0 Å². The van der Waals surface area contributed by atoms with Gasteiger partial charge in [0.05, 0.1) is 30.3 Å². The molecule has 0 aromatic carbocycles. The first-order valence-electron chi connectivity index (χ1n) is 17.5. The summed E-state index contributed by atoms with van der Waals surface area (Å²) in [5.74, 6) is -1.36. The molecule has 47 heavy (non-hydrogen) atoms. The van der Waals surface area contributed by atoms with Crippen LogP contribution in [0.4, 0.5) is 0 Å². The Hall–Kier alpha value is -1.44. The van der Waals surface area contributed by atoms with E-state index < -0.39 is 76.6 Å². The Morgan fingerprint density at radius 3 is 2.23 bits per heavy atom. The van der Waals surface area contributed by atoms with Crippen LogP contribution in [-0.4, -0.2) is 104 Å². The first kappa shape index (κ1) is 35.4. The molecule has 11 heteroatoms. The summed E-state index contributed by atoms with van der Waals surface area (Å²) in [7, 11) is 0. The summed E-state index contributed by atoms with van der Waals surface area (Å²) in [5.41, 5.74) is -2.66. The minimum absolute atomic E-state index is 0.0359. The molecule has 16 atom stereocenters. The van der Waals surface area contributed by atoms with Gasteiger partial charge in [0.15, 0.2) is 6.29 Å². The number of fused-ring (bicyclic) bond motifs is 7. The number of carbonyl (C=O) groups is 2. The molecular weight excluding hydrogens is 608 g/mol. The van der Waals surface area contributed by atoms with Crippen molar-refractivity contribution in [1.82, 2.24) is 0 Å². The van der Waals surface area contributed by atoms with Gasteiger partial charge >= 0.3 is 5.97 Å². The average molecular weight is 665 g/mol. The van der Waals surface area contributed by atoms with E-state index in [0.29, 0.717) is 44.9 Å². The SMILES string of the molecule is CC1(C)CC[C@@]2(C(=O)O)C(C1)C1=CCC3[C@@]4(C)C[C@H](O)[C@H](O)[C@@](C)(C=O)C4CC[C@@]3(C)[C@]1(C)C[C@H]2OC[C@H]1O[C@@H](O)[C@H](O)[C@@H](O)[C@@H]1O. The lowest BCUT2D eigenvalue weighted by molar-refractivity contribution is -0.295. The number of carbonyl (C=O) groups excluding carboxylic acids is 1. The maximum atomic E-state index is 13.6. The Kier molecular flexibility index (Phi) is 8.50. The smallest absolute Gasteiger partial charge is 0.312 e. The Morgan fingerprint density at radius 2 is 1.60 bits per heavy atom. The van der Waals surface area contributed by atoms with Gasteiger partial charge in [-0.25, -0.2) is 0 Å². The van der Waals surface area contributed by atoms with E-state index >= 15 is 0 Å². The van der Waals surface area contributed by atoms with Gasteiger partial charge < -0.3 is 50.0 Å². The van der Waals surface area contributed by atoms with Crippen LogP contribution in [-0.2, 0) is 19.1 Å². The zero-order chi connectivity index (χ0) is 34.7. The van der Waals surface area contributed by atoms with Crippen molar-refractivity contribution in [3.05, 3.63) is 11.6 Å². The van der Waals surface area contributed by atoms with Crippen LogP contribution < -0.4 is 0 Å². The number of rotatable bonds is 5. The van der Waals surface area contributed by atoms with E-state index in [4.69, 9.17) is 9.47 Å². The largest absolute Gasteiger partial charge is 0.481 e. The van der Waals surface area contributed by atoms with Crippen LogP contribution in [0.5, 0.6) is 0 Å². The topological polar surface area (TPSA) is 194 Å². The zero-order valence-corrected chi connectivity index (χ0v) is 28.6. The third-order valence-electron chi connectivity index (χ3n) is 15.1. The Balaban J connectivity index is 1.42. The van der Waals surface area contributed by atoms with Crippen LogP contribution in [0, 0.1) is 50.2 Å². The van der Waals surface area contributed by atoms with Crippen LogP contribution in [0.3, 0.4) is 0 Å². The first-order chi connectivity index (χ1) is 21.7. The second-order valence-corrected chi connectivity index (χ2v) is 17.8. The lowest BCUT2D eigenvalue weighted by atomic mass is 9.33. The van der Waals surface area contributed by atoms with Gasteiger partial charge in [-0.1, -0.05) is 53.2 Å². The second kappa shape index (κ2) is 11.3. The predicted octanol–water partition coefficient (Wildman–Crippen LogP) is 2.18. The lowest BCUT2D eigenvalue weighted by Crippen LogP contribution is -2.69. The fourth-order valence-corrected chi connectivity index (χ4v) is 12.2. The predicted molar refractivity (Wildman–Crippen MR) is 168 cm³/mol. The Bertz CT molecular complexity index is 1300. The second-order valence-electron chi connectivity index (χ2n) is 17.8. The molecule has 0 amide bonds. The fourth-order valence-electron chi connectivity index (χ4n) is 12.2. The highest BCUT2D eigenvalue weighted by Crippen LogP contribution is 2.76. The first-order valence-corrected chi connectivity index (χ1v) is 17.5. The number of hydrogen-bond acceptors (Lipinski definition) is 10. The minimum Gasteiger partial charge on any atom is -0.481 e. The summed E-state index contributed by atoms with van der Waals surface area (Å²) in [6.07, 6.45) is -3.07. The van der Waals surface area contributed by atoms with Crippen molar-refractivity contribution in [1.29, 1.82) is 0 Å². The molecule has 5 aliphatic carbocycles. The van der Waals surface area contributed by atoms with E-state index in [1.807, 2.05) is 0 Å². The Morgan fingerprint density at radius 1 is 0.915 bits per heavy atom. The maximum Gasteiger partial charge on any atom is 0.312 e. The molecule has 4 saturated carbocycles. The Labute approximate surface area is 277 Å². The molecule has 0 aromatic rings. The molecule has 0 radical (unpaired) electrons. The van der Waals surface area contributed by atoms with Crippen molar-refractivity contribution in [3.63, 3.8) is 0 Å². The summed E-state index contributed by atoms with van der Waals surface area (Å²) in [6.45, 7) is 12.5. The molecule has 6 aliphatic rings. The van der Waals surface area contributed by atoms with E-state index in [1.165, 1.54) is 0 Å². The maximum absolute atomic E-state index is 13.6. The minimum atomic E-state index is -1.73. The number of aliphatic hydroxyl groups is 6. The quantitative estimate of drug-likeness (QED) is 0.168. The van der Waals surface area contributed by atoms with Crippen molar-refractivity contribution in [2.45, 2.75) is 142 Å². The van der Waals surface area contributed by atoms with Gasteiger partial charge in [0.1, 0.15) is 36.1 Å². The van der Waals surface area contributed by atoms with Crippen LogP contribution in [0.2, 0.25) is 0 Å². The van der Waals surface area contributed by atoms with Gasteiger partial charge in [-0.3, -0.25) is 4.79 Å². The van der Waals surface area contributed by atoms with Crippen LogP contribution >= 0.6 is 0 Å². The highest BCUT2D eigenvalue weighted by atomic mass is 16.6. The van der Waals surface area contributed by atoms with E-state index in [2.05, 4.69) is 40.7 Å². The summed E-state index contributed by atoms with van der Waals surface area (Å²) in [4.78, 5) is 26.1. The number of hydrogen-bond donors (Lipinski definition) is 7. The zero-order valence-electron chi connectivity index (χ0n) is 28.6. The van der Waals surface area contributed by atoms with Gasteiger partial charge in [0.2, 0.25) is 0 Å². The van der Waals surface area contributed by atoms with Gasteiger partial charge in [-0.05, 0) is 90.8 Å². The molecule has 0 spiro atoms. The highest BCUT2D eigenvalue weighted by Gasteiger charge is 2.72. The summed E-state index contributed by atoms with van der Waals surface area (Å²) in [5, 5.41) is 74.4. The molecule has 1 heterocycles. The molecule has 5 fully saturated rings. The van der Waals surface area contributed by atoms with Gasteiger partial charge in [-0.15, -0.1) is 0 Å². The normalized spacial score (nSPS) is 55.4. The molecule has 6 rings (SSSR count). The monoisotopic (exact) mass is 664 g/mol. The van der Waals surface area contributed by atoms with Crippen LogP contribution in [0.25, 0.3) is 0 Å². The van der Waals surface area contributed by atoms with E-state index in [0.717, 1.165) is 18.3 Å². The summed E-state index contributed by atoms with van der Waals surface area (Å²) in [6, 6.07) is 0. The number of ether oxygens (including phenoxy) is 2. The van der Waals surface area contributed by atoms with Crippen molar-refractivity contribution in [3.8, 4) is 0 Å².